The average Bonchev–Trinajstić information content (AvgIpc) is 2.81. The number of hydrogen-bond donors (Lipinski definition) is 5. The fourth-order valence-corrected chi connectivity index (χ4v) is 4.61. The van der Waals surface area contributed by atoms with Crippen molar-refractivity contribution in [3.05, 3.63) is 56.6 Å². The number of nitrogens with zero attached hydrogens (tertiary/aromatic N) is 1. The molecule has 0 aliphatic carbocycles. The smallest absolute Gasteiger partial charge is 0.273 e. The van der Waals surface area contributed by atoms with Crippen molar-refractivity contribution < 1.29 is 24.0 Å². The van der Waals surface area contributed by atoms with Crippen LogP contribution >= 0.6 is 23.2 Å². The summed E-state index contributed by atoms with van der Waals surface area (Å²) in [6.07, 6.45) is -1.86. The van der Waals surface area contributed by atoms with Gasteiger partial charge in [0.15, 0.2) is 6.29 Å². The van der Waals surface area contributed by atoms with Crippen molar-refractivity contribution in [2.75, 3.05) is 17.2 Å². The number of fused-ring (bicyclic) bond motifs is 1. The van der Waals surface area contributed by atoms with E-state index in [-0.39, 0.29) is 30.2 Å². The summed E-state index contributed by atoms with van der Waals surface area (Å²) in [5.41, 5.74) is 0.482. The van der Waals surface area contributed by atoms with Gasteiger partial charge in [0, 0.05) is 17.5 Å². The van der Waals surface area contributed by atoms with E-state index >= 15 is 0 Å². The molecular weight excluding hydrogens is 515 g/mol. The van der Waals surface area contributed by atoms with Crippen LogP contribution in [0.3, 0.4) is 0 Å². The van der Waals surface area contributed by atoms with Crippen LogP contribution in [-0.2, 0) is 14.4 Å². The largest absolute Gasteiger partial charge is 0.491 e. The van der Waals surface area contributed by atoms with Gasteiger partial charge in [-0.25, -0.2) is 0 Å². The van der Waals surface area contributed by atoms with Gasteiger partial charge in [0.05, 0.1) is 52.0 Å². The van der Waals surface area contributed by atoms with Crippen molar-refractivity contribution >= 4 is 58.0 Å². The number of carbonyl (C=O) groups is 3. The molecule has 36 heavy (non-hydrogen) atoms. The molecule has 4 rings (SSSR count). The molecule has 12 nitrogen and oxygen atoms in total. The third-order valence-electron chi connectivity index (χ3n) is 5.75. The van der Waals surface area contributed by atoms with Crippen molar-refractivity contribution in [3.8, 4) is 5.75 Å². The fraction of sp³-hybridized carbons (Fsp3) is 0.318. The normalized spacial score (nSPS) is 23.1. The van der Waals surface area contributed by atoms with Crippen LogP contribution < -0.4 is 31.3 Å². The molecule has 2 saturated heterocycles. The van der Waals surface area contributed by atoms with E-state index in [9.17, 15) is 24.5 Å². The maximum atomic E-state index is 13.2. The van der Waals surface area contributed by atoms with E-state index in [2.05, 4.69) is 26.6 Å². The van der Waals surface area contributed by atoms with E-state index in [1.54, 1.807) is 19.1 Å². The second kappa shape index (κ2) is 10.6. The highest BCUT2D eigenvalue weighted by molar-refractivity contribution is 6.36. The van der Waals surface area contributed by atoms with Crippen LogP contribution in [0, 0.1) is 22.0 Å². The molecule has 2 fully saturated rings. The molecule has 0 spiro atoms. The summed E-state index contributed by atoms with van der Waals surface area (Å²) in [5, 5.41) is 26.0. The lowest BCUT2D eigenvalue weighted by atomic mass is 9.81. The van der Waals surface area contributed by atoms with Gasteiger partial charge in [-0.2, -0.15) is 0 Å². The molecule has 2 heterocycles. The molecule has 0 saturated carbocycles. The Kier molecular flexibility index (Phi) is 7.48. The number of carbonyl (C=O) groups excluding carboxylic acids is 3. The molecule has 4 atom stereocenters. The van der Waals surface area contributed by atoms with Crippen molar-refractivity contribution in [1.82, 2.24) is 16.0 Å². The first-order valence-corrected chi connectivity index (χ1v) is 11.7. The summed E-state index contributed by atoms with van der Waals surface area (Å²) in [6, 6.07) is 8.57. The van der Waals surface area contributed by atoms with Crippen LogP contribution in [0.25, 0.3) is 0 Å². The van der Waals surface area contributed by atoms with Crippen LogP contribution in [0.4, 0.5) is 17.1 Å². The number of nitro groups is 1. The summed E-state index contributed by atoms with van der Waals surface area (Å²) >= 11 is 12.1. The Morgan fingerprint density at radius 1 is 1.17 bits per heavy atom. The Bertz CT molecular complexity index is 1230. The van der Waals surface area contributed by atoms with Crippen molar-refractivity contribution in [2.24, 2.45) is 11.8 Å². The van der Waals surface area contributed by atoms with Crippen molar-refractivity contribution in [1.29, 1.82) is 0 Å². The molecule has 2 aromatic carbocycles. The number of amides is 3. The van der Waals surface area contributed by atoms with Crippen LogP contribution in [0.1, 0.15) is 13.3 Å². The first kappa shape index (κ1) is 25.5. The number of ether oxygens (including phenoxy) is 1. The van der Waals surface area contributed by atoms with Gasteiger partial charge in [-0.05, 0) is 31.2 Å². The third kappa shape index (κ3) is 5.45. The SMILES string of the molecule is CCOc1cc([N+](=O)[O-])ccc1NC(=O)C1CC(=O)NC2NC(Nc3ccc(Cl)cc3Cl)NC(=O)C21. The topological polar surface area (TPSA) is 164 Å². The maximum absolute atomic E-state index is 13.2. The molecule has 2 aliphatic heterocycles. The first-order chi connectivity index (χ1) is 17.2. The highest BCUT2D eigenvalue weighted by atomic mass is 35.5. The number of nitrogens with one attached hydrogen (secondary N) is 5. The Balaban J connectivity index is 1.51. The lowest BCUT2D eigenvalue weighted by molar-refractivity contribution is -0.384. The van der Waals surface area contributed by atoms with Gasteiger partial charge < -0.3 is 26.0 Å². The lowest BCUT2D eigenvalue weighted by Gasteiger charge is -2.43. The highest BCUT2D eigenvalue weighted by Crippen LogP contribution is 2.33. The van der Waals surface area contributed by atoms with Gasteiger partial charge in [0.1, 0.15) is 5.75 Å². The number of benzene rings is 2. The zero-order chi connectivity index (χ0) is 26.0. The van der Waals surface area contributed by atoms with Crippen molar-refractivity contribution in [3.63, 3.8) is 0 Å². The first-order valence-electron chi connectivity index (χ1n) is 11.0. The minimum Gasteiger partial charge on any atom is -0.491 e. The van der Waals surface area contributed by atoms with Gasteiger partial charge in [-0.1, -0.05) is 23.2 Å². The van der Waals surface area contributed by atoms with Gasteiger partial charge >= 0.3 is 0 Å². The standard InChI is InChI=1S/C22H22Cl2N6O6/c1-2-36-16-8-11(30(34)35)4-6-15(16)25-20(32)12-9-17(31)27-19-18(12)21(33)29-22(28-19)26-14-5-3-10(23)7-13(14)24/h3-8,12,18-19,22,26,28H,2,9H2,1H3,(H,25,32)(H,27,31)(H,29,33). The third-order valence-corrected chi connectivity index (χ3v) is 6.30. The molecule has 2 aromatic rings. The molecule has 5 N–H and O–H groups in total. The van der Waals surface area contributed by atoms with Crippen molar-refractivity contribution in [2.45, 2.75) is 25.8 Å². The second-order valence-electron chi connectivity index (χ2n) is 8.12. The number of rotatable bonds is 7. The Labute approximate surface area is 215 Å². The van der Waals surface area contributed by atoms with Gasteiger partial charge in [-0.3, -0.25) is 29.8 Å². The minimum atomic E-state index is -1.01. The number of hydrogen-bond acceptors (Lipinski definition) is 8. The summed E-state index contributed by atoms with van der Waals surface area (Å²) in [6.45, 7) is 1.90. The second-order valence-corrected chi connectivity index (χ2v) is 8.96. The molecule has 190 valence electrons. The zero-order valence-corrected chi connectivity index (χ0v) is 20.4. The molecule has 2 aliphatic rings. The Morgan fingerprint density at radius 3 is 2.61 bits per heavy atom. The van der Waals surface area contributed by atoms with Crippen LogP contribution in [-0.4, -0.2) is 41.7 Å². The van der Waals surface area contributed by atoms with Gasteiger partial charge in [-0.15, -0.1) is 0 Å². The monoisotopic (exact) mass is 536 g/mol. The summed E-state index contributed by atoms with van der Waals surface area (Å²) in [4.78, 5) is 49.2. The fourth-order valence-electron chi connectivity index (χ4n) is 4.14. The predicted molar refractivity (Wildman–Crippen MR) is 132 cm³/mol. The predicted octanol–water partition coefficient (Wildman–Crippen LogP) is 2.43. The van der Waals surface area contributed by atoms with Crippen LogP contribution in [0.2, 0.25) is 10.0 Å². The number of non-ortho nitro benzene ring substituents is 1. The number of halogens is 2. The van der Waals surface area contributed by atoms with Crippen LogP contribution in [0.5, 0.6) is 5.75 Å². The summed E-state index contributed by atoms with van der Waals surface area (Å²) in [5.74, 6) is -3.31. The van der Waals surface area contributed by atoms with Gasteiger partial charge in [0.2, 0.25) is 17.7 Å². The Hall–Kier alpha value is -3.61. The Morgan fingerprint density at radius 2 is 1.92 bits per heavy atom. The van der Waals surface area contributed by atoms with E-state index in [0.29, 0.717) is 15.7 Å². The number of nitro benzene ring substituents is 1. The lowest BCUT2D eigenvalue weighted by Crippen LogP contribution is -2.72. The molecule has 0 bridgehead atoms. The molecular formula is C22H22Cl2N6O6. The van der Waals surface area contributed by atoms with E-state index in [1.165, 1.54) is 24.3 Å². The average molecular weight is 537 g/mol. The molecule has 0 aromatic heterocycles. The number of piperidine rings is 1. The van der Waals surface area contributed by atoms with E-state index < -0.39 is 46.9 Å². The number of anilines is 2. The van der Waals surface area contributed by atoms with E-state index in [4.69, 9.17) is 27.9 Å². The van der Waals surface area contributed by atoms with Crippen LogP contribution in [0.15, 0.2) is 36.4 Å². The summed E-state index contributed by atoms with van der Waals surface area (Å²) in [7, 11) is 0. The highest BCUT2D eigenvalue weighted by Gasteiger charge is 2.48. The zero-order valence-electron chi connectivity index (χ0n) is 18.8. The van der Waals surface area contributed by atoms with E-state index in [1.807, 2.05) is 0 Å². The maximum Gasteiger partial charge on any atom is 0.273 e. The van der Waals surface area contributed by atoms with Gasteiger partial charge in [0.25, 0.3) is 5.69 Å². The molecule has 3 amide bonds. The molecule has 14 heteroatoms. The molecule has 0 radical (unpaired) electrons. The molecule has 4 unspecified atom stereocenters. The van der Waals surface area contributed by atoms with E-state index in [0.717, 1.165) is 0 Å². The minimum absolute atomic E-state index is 0.104. The summed E-state index contributed by atoms with van der Waals surface area (Å²) < 4.78 is 5.44. The quantitative estimate of drug-likeness (QED) is 0.266.